The summed E-state index contributed by atoms with van der Waals surface area (Å²) in [7, 11) is 0. The van der Waals surface area contributed by atoms with Gasteiger partial charge in [-0.3, -0.25) is 5.84 Å². The molecule has 0 spiro atoms. The molecular weight excluding hydrogens is 268 g/mol. The highest BCUT2D eigenvalue weighted by molar-refractivity contribution is 6.31. The fourth-order valence-electron chi connectivity index (χ4n) is 2.34. The topological polar surface area (TPSA) is 38.0 Å². The maximum atomic E-state index is 6.20. The Morgan fingerprint density at radius 1 is 1.10 bits per heavy atom. The first kappa shape index (κ1) is 15.0. The number of aryl methyl sites for hydroxylation is 2. The van der Waals surface area contributed by atoms with Crippen molar-refractivity contribution in [2.45, 2.75) is 32.7 Å². The van der Waals surface area contributed by atoms with E-state index in [1.54, 1.807) is 0 Å². The maximum Gasteiger partial charge on any atom is 0.0710 e. The summed E-state index contributed by atoms with van der Waals surface area (Å²) in [4.78, 5) is 0. The lowest BCUT2D eigenvalue weighted by Gasteiger charge is -2.18. The Morgan fingerprint density at radius 2 is 1.75 bits per heavy atom. The van der Waals surface area contributed by atoms with Crippen molar-refractivity contribution >= 4 is 11.6 Å². The highest BCUT2D eigenvalue weighted by atomic mass is 35.5. The van der Waals surface area contributed by atoms with Gasteiger partial charge in [-0.1, -0.05) is 61.3 Å². The summed E-state index contributed by atoms with van der Waals surface area (Å²) in [6.45, 7) is 4.18. The van der Waals surface area contributed by atoms with E-state index in [9.17, 15) is 0 Å². The fraction of sp³-hybridized carbons (Fsp3) is 0.294. The lowest BCUT2D eigenvalue weighted by Crippen LogP contribution is -2.28. The molecule has 0 bridgehead atoms. The van der Waals surface area contributed by atoms with Crippen LogP contribution in [-0.4, -0.2) is 0 Å². The van der Waals surface area contributed by atoms with Gasteiger partial charge in [0.25, 0.3) is 0 Å². The van der Waals surface area contributed by atoms with Crippen LogP contribution in [0.2, 0.25) is 5.02 Å². The molecule has 0 aromatic heterocycles. The third-order valence-corrected chi connectivity index (χ3v) is 3.95. The van der Waals surface area contributed by atoms with Crippen molar-refractivity contribution in [3.8, 4) is 0 Å². The van der Waals surface area contributed by atoms with Crippen LogP contribution in [0.1, 0.15) is 41.6 Å². The van der Waals surface area contributed by atoms with Crippen molar-refractivity contribution in [1.29, 1.82) is 0 Å². The van der Waals surface area contributed by atoms with Crippen LogP contribution in [0.5, 0.6) is 0 Å². The highest BCUT2D eigenvalue weighted by Gasteiger charge is 2.13. The molecule has 0 saturated heterocycles. The normalized spacial score (nSPS) is 12.4. The number of hydrogen-bond donors (Lipinski definition) is 2. The molecule has 0 heterocycles. The van der Waals surface area contributed by atoms with Gasteiger partial charge >= 0.3 is 0 Å². The van der Waals surface area contributed by atoms with E-state index in [4.69, 9.17) is 17.4 Å². The average Bonchev–Trinajstić information content (AvgIpc) is 2.46. The van der Waals surface area contributed by atoms with Gasteiger partial charge in [-0.2, -0.15) is 0 Å². The van der Waals surface area contributed by atoms with Crippen molar-refractivity contribution in [3.05, 3.63) is 69.7 Å². The zero-order valence-corrected chi connectivity index (χ0v) is 12.7. The van der Waals surface area contributed by atoms with Crippen LogP contribution < -0.4 is 11.3 Å². The van der Waals surface area contributed by atoms with E-state index in [1.807, 2.05) is 19.1 Å². The molecule has 0 aliphatic rings. The molecule has 0 aliphatic carbocycles. The van der Waals surface area contributed by atoms with Gasteiger partial charge in [0.1, 0.15) is 0 Å². The Labute approximate surface area is 125 Å². The molecular formula is C17H21ClN2. The molecule has 0 fully saturated rings. The molecule has 0 aliphatic heterocycles. The van der Waals surface area contributed by atoms with E-state index in [-0.39, 0.29) is 6.04 Å². The second-order valence-electron chi connectivity index (χ2n) is 5.10. The number of rotatable bonds is 5. The summed E-state index contributed by atoms with van der Waals surface area (Å²) in [5.74, 6) is 5.73. The van der Waals surface area contributed by atoms with Gasteiger partial charge in [0.05, 0.1) is 6.04 Å². The van der Waals surface area contributed by atoms with Crippen molar-refractivity contribution in [2.75, 3.05) is 0 Å². The van der Waals surface area contributed by atoms with Gasteiger partial charge in [0.2, 0.25) is 0 Å². The lowest BCUT2D eigenvalue weighted by atomic mass is 9.97. The van der Waals surface area contributed by atoms with Crippen molar-refractivity contribution in [2.24, 2.45) is 5.84 Å². The molecule has 3 N–H and O–H groups in total. The van der Waals surface area contributed by atoms with Crippen LogP contribution in [-0.2, 0) is 6.42 Å². The molecule has 2 nitrogen and oxygen atoms in total. The molecule has 2 aromatic carbocycles. The van der Waals surface area contributed by atoms with E-state index >= 15 is 0 Å². The highest BCUT2D eigenvalue weighted by Crippen LogP contribution is 2.26. The summed E-state index contributed by atoms with van der Waals surface area (Å²) >= 11 is 6.20. The fourth-order valence-corrected chi connectivity index (χ4v) is 2.53. The number of nitrogens with two attached hydrogens (primary N) is 1. The summed E-state index contributed by atoms with van der Waals surface area (Å²) in [6, 6.07) is 14.6. The van der Waals surface area contributed by atoms with E-state index in [0.29, 0.717) is 0 Å². The van der Waals surface area contributed by atoms with Crippen molar-refractivity contribution in [1.82, 2.24) is 5.43 Å². The molecule has 2 rings (SSSR count). The first-order valence-electron chi connectivity index (χ1n) is 6.96. The van der Waals surface area contributed by atoms with Crippen LogP contribution in [0.15, 0.2) is 42.5 Å². The predicted molar refractivity (Wildman–Crippen MR) is 85.8 cm³/mol. The molecule has 3 heteroatoms. The van der Waals surface area contributed by atoms with E-state index < -0.39 is 0 Å². The third-order valence-electron chi connectivity index (χ3n) is 3.55. The smallest absolute Gasteiger partial charge is 0.0710 e. The zero-order valence-electron chi connectivity index (χ0n) is 12.0. The zero-order chi connectivity index (χ0) is 14.5. The van der Waals surface area contributed by atoms with Crippen LogP contribution in [0.3, 0.4) is 0 Å². The van der Waals surface area contributed by atoms with E-state index in [0.717, 1.165) is 34.6 Å². The van der Waals surface area contributed by atoms with E-state index in [2.05, 4.69) is 42.7 Å². The first-order valence-corrected chi connectivity index (χ1v) is 7.34. The maximum absolute atomic E-state index is 6.20. The summed E-state index contributed by atoms with van der Waals surface area (Å²) in [5, 5.41) is 0.769. The predicted octanol–water partition coefficient (Wildman–Crippen LogP) is 4.15. The summed E-state index contributed by atoms with van der Waals surface area (Å²) < 4.78 is 0. The van der Waals surface area contributed by atoms with Crippen LogP contribution in [0.25, 0.3) is 0 Å². The third kappa shape index (κ3) is 3.40. The molecule has 2 aromatic rings. The average molecular weight is 289 g/mol. The second kappa shape index (κ2) is 6.89. The molecule has 106 valence electrons. The molecule has 0 saturated carbocycles. The van der Waals surface area contributed by atoms with Gasteiger partial charge in [-0.25, -0.2) is 5.43 Å². The monoisotopic (exact) mass is 288 g/mol. The van der Waals surface area contributed by atoms with Gasteiger partial charge in [-0.05, 0) is 41.7 Å². The number of hydrogen-bond acceptors (Lipinski definition) is 2. The molecule has 0 amide bonds. The van der Waals surface area contributed by atoms with Gasteiger partial charge < -0.3 is 0 Å². The van der Waals surface area contributed by atoms with E-state index in [1.165, 1.54) is 5.56 Å². The molecule has 0 radical (unpaired) electrons. The van der Waals surface area contributed by atoms with Gasteiger partial charge in [-0.15, -0.1) is 0 Å². The van der Waals surface area contributed by atoms with Gasteiger partial charge in [0.15, 0.2) is 0 Å². The molecule has 20 heavy (non-hydrogen) atoms. The Bertz CT molecular complexity index is 564. The lowest BCUT2D eigenvalue weighted by molar-refractivity contribution is 0.636. The van der Waals surface area contributed by atoms with Crippen LogP contribution >= 0.6 is 11.6 Å². The van der Waals surface area contributed by atoms with Crippen molar-refractivity contribution < 1.29 is 0 Å². The van der Waals surface area contributed by atoms with Crippen LogP contribution in [0.4, 0.5) is 0 Å². The largest absolute Gasteiger partial charge is 0.271 e. The number of benzene rings is 2. The number of hydrazine groups is 1. The Balaban J connectivity index is 2.29. The Morgan fingerprint density at radius 3 is 2.30 bits per heavy atom. The number of halogens is 1. The molecule has 1 unspecified atom stereocenters. The SMILES string of the molecule is CCCc1ccc(C(NN)c2ccc(C)c(Cl)c2)cc1. The standard InChI is InChI=1S/C17H21ClN2/c1-3-4-13-6-9-14(10-7-13)17(20-19)15-8-5-12(2)16(18)11-15/h5-11,17,20H,3-4,19H2,1-2H3. The number of nitrogens with one attached hydrogen (secondary N) is 1. The summed E-state index contributed by atoms with van der Waals surface area (Å²) in [5.41, 5.74) is 7.52. The van der Waals surface area contributed by atoms with Gasteiger partial charge in [0, 0.05) is 5.02 Å². The summed E-state index contributed by atoms with van der Waals surface area (Å²) in [6.07, 6.45) is 2.27. The quantitative estimate of drug-likeness (QED) is 0.640. The van der Waals surface area contributed by atoms with Crippen LogP contribution in [0, 0.1) is 6.92 Å². The Kier molecular flexibility index (Phi) is 5.18. The van der Waals surface area contributed by atoms with Crippen molar-refractivity contribution in [3.63, 3.8) is 0 Å². The minimum Gasteiger partial charge on any atom is -0.271 e. The minimum atomic E-state index is -0.0382. The minimum absolute atomic E-state index is 0.0382. The first-order chi connectivity index (χ1) is 9.65. The Hall–Kier alpha value is -1.35. The molecule has 1 atom stereocenters. The second-order valence-corrected chi connectivity index (χ2v) is 5.51.